The van der Waals surface area contributed by atoms with Gasteiger partial charge in [-0.1, -0.05) is 29.0 Å². The number of ether oxygens (including phenoxy) is 1. The SMILES string of the molecule is CCn1c(=NC(=O)C2CCCN2S(=O)(=O)c2ccc(Cl)cc2)sc2cccc(OC)c21. The van der Waals surface area contributed by atoms with E-state index in [0.29, 0.717) is 35.0 Å². The van der Waals surface area contributed by atoms with Crippen LogP contribution in [0, 0.1) is 0 Å². The Balaban J connectivity index is 1.73. The summed E-state index contributed by atoms with van der Waals surface area (Å²) in [4.78, 5) is 18.1. The Bertz CT molecular complexity index is 1300. The van der Waals surface area contributed by atoms with Gasteiger partial charge in [0.1, 0.15) is 17.3 Å². The van der Waals surface area contributed by atoms with Crippen molar-refractivity contribution < 1.29 is 17.9 Å². The molecule has 1 unspecified atom stereocenters. The van der Waals surface area contributed by atoms with Gasteiger partial charge in [0, 0.05) is 18.1 Å². The number of amides is 1. The molecule has 0 bridgehead atoms. The molecule has 1 aromatic heterocycles. The maximum atomic E-state index is 13.1. The minimum absolute atomic E-state index is 0.117. The van der Waals surface area contributed by atoms with E-state index < -0.39 is 22.0 Å². The summed E-state index contributed by atoms with van der Waals surface area (Å²) in [6.07, 6.45) is 1.04. The predicted octanol–water partition coefficient (Wildman–Crippen LogP) is 3.67. The van der Waals surface area contributed by atoms with Crippen molar-refractivity contribution in [2.45, 2.75) is 37.2 Å². The molecule has 7 nitrogen and oxygen atoms in total. The molecular formula is C21H22ClN3O4S2. The highest BCUT2D eigenvalue weighted by atomic mass is 35.5. The van der Waals surface area contributed by atoms with Crippen LogP contribution in [0.4, 0.5) is 0 Å². The quantitative estimate of drug-likeness (QED) is 0.559. The van der Waals surface area contributed by atoms with Crippen molar-refractivity contribution in [2.75, 3.05) is 13.7 Å². The third kappa shape index (κ3) is 4.03. The van der Waals surface area contributed by atoms with Crippen LogP contribution in [0.1, 0.15) is 19.8 Å². The second kappa shape index (κ2) is 8.74. The zero-order valence-electron chi connectivity index (χ0n) is 17.1. The van der Waals surface area contributed by atoms with Gasteiger partial charge in [-0.05, 0) is 56.2 Å². The molecule has 0 spiro atoms. The Kier molecular flexibility index (Phi) is 6.20. The third-order valence-electron chi connectivity index (χ3n) is 5.32. The fraction of sp³-hybridized carbons (Fsp3) is 0.333. The highest BCUT2D eigenvalue weighted by Crippen LogP contribution is 2.29. The van der Waals surface area contributed by atoms with E-state index in [2.05, 4.69) is 4.99 Å². The average molecular weight is 480 g/mol. The van der Waals surface area contributed by atoms with E-state index in [1.165, 1.54) is 39.9 Å². The first-order valence-electron chi connectivity index (χ1n) is 9.89. The van der Waals surface area contributed by atoms with E-state index in [9.17, 15) is 13.2 Å². The van der Waals surface area contributed by atoms with E-state index in [1.807, 2.05) is 29.7 Å². The second-order valence-corrected chi connectivity index (χ2v) is 10.4. The maximum absolute atomic E-state index is 13.1. The van der Waals surface area contributed by atoms with Crippen LogP contribution in [0.5, 0.6) is 5.75 Å². The summed E-state index contributed by atoms with van der Waals surface area (Å²) in [5, 5.41) is 0.451. The number of fused-ring (bicyclic) bond motifs is 1. The number of aromatic nitrogens is 1. The van der Waals surface area contributed by atoms with E-state index >= 15 is 0 Å². The van der Waals surface area contributed by atoms with Crippen molar-refractivity contribution in [2.24, 2.45) is 4.99 Å². The number of aryl methyl sites for hydroxylation is 1. The van der Waals surface area contributed by atoms with Crippen LogP contribution < -0.4 is 9.54 Å². The monoisotopic (exact) mass is 479 g/mol. The topological polar surface area (TPSA) is 81.0 Å². The molecular weight excluding hydrogens is 458 g/mol. The first-order chi connectivity index (χ1) is 14.9. The predicted molar refractivity (Wildman–Crippen MR) is 121 cm³/mol. The van der Waals surface area contributed by atoms with Crippen LogP contribution in [-0.4, -0.2) is 42.9 Å². The average Bonchev–Trinajstić information content (AvgIpc) is 3.39. The van der Waals surface area contributed by atoms with Crippen LogP contribution in [0.2, 0.25) is 5.02 Å². The maximum Gasteiger partial charge on any atom is 0.266 e. The lowest BCUT2D eigenvalue weighted by Gasteiger charge is -2.21. The molecule has 3 aromatic rings. The molecule has 0 saturated carbocycles. The number of halogens is 1. The van der Waals surface area contributed by atoms with Crippen molar-refractivity contribution in [1.82, 2.24) is 8.87 Å². The van der Waals surface area contributed by atoms with E-state index in [-0.39, 0.29) is 11.4 Å². The van der Waals surface area contributed by atoms with Crippen LogP contribution in [-0.2, 0) is 21.4 Å². The van der Waals surface area contributed by atoms with E-state index in [1.54, 1.807) is 7.11 Å². The number of nitrogens with zero attached hydrogens (tertiary/aromatic N) is 3. The first kappa shape index (κ1) is 22.0. The Morgan fingerprint density at radius 1 is 1.26 bits per heavy atom. The molecule has 1 saturated heterocycles. The van der Waals surface area contributed by atoms with Gasteiger partial charge in [0.2, 0.25) is 10.0 Å². The zero-order valence-corrected chi connectivity index (χ0v) is 19.5. The molecule has 4 rings (SSSR count). The van der Waals surface area contributed by atoms with Gasteiger partial charge in [0.05, 0.1) is 16.7 Å². The van der Waals surface area contributed by atoms with Crippen molar-refractivity contribution >= 4 is 49.1 Å². The Morgan fingerprint density at radius 3 is 2.68 bits per heavy atom. The lowest BCUT2D eigenvalue weighted by Crippen LogP contribution is -2.40. The number of thiazole rings is 1. The number of sulfonamides is 1. The molecule has 1 amide bonds. The molecule has 1 aliphatic heterocycles. The van der Waals surface area contributed by atoms with Crippen molar-refractivity contribution in [3.63, 3.8) is 0 Å². The lowest BCUT2D eigenvalue weighted by atomic mass is 10.2. The molecule has 1 atom stereocenters. The fourth-order valence-corrected chi connectivity index (χ4v) is 6.72. The highest BCUT2D eigenvalue weighted by molar-refractivity contribution is 7.89. The fourth-order valence-electron chi connectivity index (χ4n) is 3.83. The molecule has 1 aliphatic rings. The smallest absolute Gasteiger partial charge is 0.266 e. The number of hydrogen-bond donors (Lipinski definition) is 0. The Labute approximate surface area is 189 Å². The van der Waals surface area contributed by atoms with Gasteiger partial charge >= 0.3 is 0 Å². The van der Waals surface area contributed by atoms with Crippen molar-refractivity contribution in [1.29, 1.82) is 0 Å². The Hall–Kier alpha value is -2.20. The largest absolute Gasteiger partial charge is 0.495 e. The molecule has 0 aliphatic carbocycles. The summed E-state index contributed by atoms with van der Waals surface area (Å²) in [7, 11) is -2.22. The Morgan fingerprint density at radius 2 is 2.00 bits per heavy atom. The molecule has 10 heteroatoms. The van der Waals surface area contributed by atoms with Crippen LogP contribution in [0.3, 0.4) is 0 Å². The van der Waals surface area contributed by atoms with Gasteiger partial charge < -0.3 is 9.30 Å². The lowest BCUT2D eigenvalue weighted by molar-refractivity contribution is -0.121. The standard InChI is InChI=1S/C21H22ClN3O4S2/c1-3-24-19-17(29-2)7-4-8-18(19)30-21(24)23-20(26)16-6-5-13-25(16)31(27,28)15-11-9-14(22)10-12-15/h4,7-12,16H,3,5-6,13H2,1-2H3. The number of hydrogen-bond acceptors (Lipinski definition) is 5. The molecule has 0 radical (unpaired) electrons. The summed E-state index contributed by atoms with van der Waals surface area (Å²) in [5.41, 5.74) is 0.876. The number of rotatable bonds is 5. The van der Waals surface area contributed by atoms with Gasteiger partial charge in [-0.3, -0.25) is 4.79 Å². The molecule has 1 fully saturated rings. The highest BCUT2D eigenvalue weighted by Gasteiger charge is 2.39. The summed E-state index contributed by atoms with van der Waals surface area (Å²) < 4.78 is 35.9. The number of carbonyl (C=O) groups is 1. The van der Waals surface area contributed by atoms with Crippen molar-refractivity contribution in [3.05, 3.63) is 52.3 Å². The first-order valence-corrected chi connectivity index (χ1v) is 12.5. The van der Waals surface area contributed by atoms with Gasteiger partial charge in [-0.25, -0.2) is 8.42 Å². The third-order valence-corrected chi connectivity index (χ3v) is 8.53. The van der Waals surface area contributed by atoms with E-state index in [4.69, 9.17) is 16.3 Å². The molecule has 164 valence electrons. The summed E-state index contributed by atoms with van der Waals surface area (Å²) in [6, 6.07) is 10.9. The summed E-state index contributed by atoms with van der Waals surface area (Å²) >= 11 is 7.27. The van der Waals surface area contributed by atoms with Crippen LogP contribution in [0.25, 0.3) is 10.2 Å². The van der Waals surface area contributed by atoms with Crippen LogP contribution >= 0.6 is 22.9 Å². The summed E-state index contributed by atoms with van der Waals surface area (Å²) in [5.74, 6) is 0.250. The summed E-state index contributed by atoms with van der Waals surface area (Å²) in [6.45, 7) is 2.85. The number of benzene rings is 2. The minimum Gasteiger partial charge on any atom is -0.495 e. The molecule has 2 heterocycles. The van der Waals surface area contributed by atoms with Gasteiger partial charge in [0.15, 0.2) is 4.80 Å². The second-order valence-electron chi connectivity index (χ2n) is 7.11. The normalized spacial score (nSPS) is 18.0. The minimum atomic E-state index is -3.82. The van der Waals surface area contributed by atoms with E-state index in [0.717, 1.165) is 10.2 Å². The molecule has 2 aromatic carbocycles. The zero-order chi connectivity index (χ0) is 22.2. The molecule has 0 N–H and O–H groups in total. The van der Waals surface area contributed by atoms with Crippen LogP contribution in [0.15, 0.2) is 52.4 Å². The van der Waals surface area contributed by atoms with Gasteiger partial charge in [-0.2, -0.15) is 9.30 Å². The van der Waals surface area contributed by atoms with Crippen molar-refractivity contribution in [3.8, 4) is 5.75 Å². The van der Waals surface area contributed by atoms with Gasteiger partial charge in [0.25, 0.3) is 5.91 Å². The number of para-hydroxylation sites is 1. The molecule has 31 heavy (non-hydrogen) atoms. The number of carbonyl (C=O) groups excluding carboxylic acids is 1. The van der Waals surface area contributed by atoms with Gasteiger partial charge in [-0.15, -0.1) is 0 Å². The number of methoxy groups -OCH3 is 1.